The summed E-state index contributed by atoms with van der Waals surface area (Å²) < 4.78 is 38.4. The number of anilines is 1. The Bertz CT molecular complexity index is 893. The first-order valence-corrected chi connectivity index (χ1v) is 8.69. The fourth-order valence-corrected chi connectivity index (χ4v) is 3.26. The second kappa shape index (κ2) is 7.36. The number of amides is 1. The molecular formula is C17H15F3N4OS. The summed E-state index contributed by atoms with van der Waals surface area (Å²) in [5.41, 5.74) is 0.789. The van der Waals surface area contributed by atoms with E-state index in [2.05, 4.69) is 20.3 Å². The Morgan fingerprint density at radius 2 is 2.15 bits per heavy atom. The second-order valence-corrected chi connectivity index (χ2v) is 6.71. The molecule has 1 amide bonds. The van der Waals surface area contributed by atoms with Gasteiger partial charge in [-0.3, -0.25) is 9.78 Å². The molecule has 0 radical (unpaired) electrons. The van der Waals surface area contributed by atoms with Crippen LogP contribution in [0.2, 0.25) is 0 Å². The minimum atomic E-state index is -4.46. The molecule has 26 heavy (non-hydrogen) atoms. The van der Waals surface area contributed by atoms with E-state index in [1.807, 2.05) is 6.92 Å². The fraction of sp³-hybridized carbons (Fsp3) is 0.235. The van der Waals surface area contributed by atoms with E-state index in [1.54, 1.807) is 18.5 Å². The number of nitrogens with zero attached hydrogens (tertiary/aromatic N) is 2. The molecule has 3 rings (SSSR count). The van der Waals surface area contributed by atoms with E-state index in [9.17, 15) is 18.0 Å². The van der Waals surface area contributed by atoms with Crippen LogP contribution in [0.25, 0.3) is 11.0 Å². The average Bonchev–Trinajstić information content (AvgIpc) is 3.01. The Kier molecular flexibility index (Phi) is 5.17. The minimum Gasteiger partial charge on any atom is -0.332 e. The van der Waals surface area contributed by atoms with Crippen LogP contribution in [0.3, 0.4) is 0 Å². The van der Waals surface area contributed by atoms with E-state index in [0.29, 0.717) is 11.6 Å². The lowest BCUT2D eigenvalue weighted by Crippen LogP contribution is -2.24. The van der Waals surface area contributed by atoms with E-state index in [0.717, 1.165) is 23.2 Å². The number of imidazole rings is 1. The number of hydrogen-bond donors (Lipinski definition) is 2. The number of carbonyl (C=O) groups excluding carboxylic acids is 1. The van der Waals surface area contributed by atoms with E-state index in [1.165, 1.54) is 23.9 Å². The third-order valence-electron chi connectivity index (χ3n) is 3.64. The van der Waals surface area contributed by atoms with Crippen molar-refractivity contribution in [1.82, 2.24) is 15.0 Å². The van der Waals surface area contributed by atoms with Gasteiger partial charge in [-0.25, -0.2) is 4.98 Å². The van der Waals surface area contributed by atoms with E-state index < -0.39 is 17.0 Å². The van der Waals surface area contributed by atoms with Crippen molar-refractivity contribution in [2.24, 2.45) is 0 Å². The van der Waals surface area contributed by atoms with E-state index >= 15 is 0 Å². The van der Waals surface area contributed by atoms with Crippen molar-refractivity contribution in [2.45, 2.75) is 29.9 Å². The number of alkyl halides is 3. The standard InChI is InChI=1S/C17H15F3N4OS/c1-2-14(26-16-23-12-6-7-21-9-13(12)24-16)15(25)22-11-5-3-4-10(8-11)17(18,19)20/h3-9,14H,2H2,1H3,(H,22,25)(H,23,24)/t14-/m0/s1. The van der Waals surface area contributed by atoms with Gasteiger partial charge in [-0.2, -0.15) is 13.2 Å². The van der Waals surface area contributed by atoms with Gasteiger partial charge in [-0.15, -0.1) is 0 Å². The van der Waals surface area contributed by atoms with Gasteiger partial charge in [0, 0.05) is 11.9 Å². The van der Waals surface area contributed by atoms with Crippen LogP contribution in [0.5, 0.6) is 0 Å². The number of pyridine rings is 1. The van der Waals surface area contributed by atoms with Crippen molar-refractivity contribution < 1.29 is 18.0 Å². The highest BCUT2D eigenvalue weighted by atomic mass is 32.2. The number of rotatable bonds is 5. The lowest BCUT2D eigenvalue weighted by atomic mass is 10.2. The summed E-state index contributed by atoms with van der Waals surface area (Å²) >= 11 is 1.22. The summed E-state index contributed by atoms with van der Waals surface area (Å²) in [5, 5.41) is 2.60. The number of benzene rings is 1. The molecule has 1 atom stereocenters. The van der Waals surface area contributed by atoms with Crippen LogP contribution in [0.1, 0.15) is 18.9 Å². The van der Waals surface area contributed by atoms with Gasteiger partial charge >= 0.3 is 6.18 Å². The summed E-state index contributed by atoms with van der Waals surface area (Å²) in [6, 6.07) is 6.32. The highest BCUT2D eigenvalue weighted by molar-refractivity contribution is 8.00. The Morgan fingerprint density at radius 1 is 1.35 bits per heavy atom. The van der Waals surface area contributed by atoms with E-state index in [-0.39, 0.29) is 11.6 Å². The molecule has 0 spiro atoms. The van der Waals surface area contributed by atoms with Crippen LogP contribution in [0, 0.1) is 0 Å². The number of aromatic amines is 1. The third-order valence-corrected chi connectivity index (χ3v) is 4.88. The molecule has 9 heteroatoms. The molecule has 5 nitrogen and oxygen atoms in total. The first-order valence-electron chi connectivity index (χ1n) is 7.81. The Balaban J connectivity index is 1.73. The predicted octanol–water partition coefficient (Wildman–Crippen LogP) is 4.49. The number of carbonyl (C=O) groups is 1. The number of halogens is 3. The second-order valence-electron chi connectivity index (χ2n) is 5.52. The van der Waals surface area contributed by atoms with Gasteiger partial charge in [-0.1, -0.05) is 24.8 Å². The number of thioether (sulfide) groups is 1. The molecule has 136 valence electrons. The molecule has 0 bridgehead atoms. The van der Waals surface area contributed by atoms with Crippen molar-refractivity contribution in [1.29, 1.82) is 0 Å². The highest BCUT2D eigenvalue weighted by Crippen LogP contribution is 2.31. The SMILES string of the molecule is CC[C@H](Sc1nc2ccncc2[nH]1)C(=O)Nc1cccc(C(F)(F)F)c1. The van der Waals surface area contributed by atoms with Crippen molar-refractivity contribution in [2.75, 3.05) is 5.32 Å². The van der Waals surface area contributed by atoms with Crippen LogP contribution in [0.15, 0.2) is 47.9 Å². The molecule has 0 unspecified atom stereocenters. The monoisotopic (exact) mass is 380 g/mol. The maximum absolute atomic E-state index is 12.8. The zero-order valence-electron chi connectivity index (χ0n) is 13.7. The number of fused-ring (bicyclic) bond motifs is 1. The summed E-state index contributed by atoms with van der Waals surface area (Å²) in [5.74, 6) is -0.379. The number of nitrogens with one attached hydrogen (secondary N) is 2. The Morgan fingerprint density at radius 3 is 2.85 bits per heavy atom. The molecule has 1 aromatic carbocycles. The maximum Gasteiger partial charge on any atom is 0.416 e. The summed E-state index contributed by atoms with van der Waals surface area (Å²) in [6.45, 7) is 1.83. The molecule has 2 heterocycles. The summed E-state index contributed by atoms with van der Waals surface area (Å²) in [7, 11) is 0. The largest absolute Gasteiger partial charge is 0.416 e. The summed E-state index contributed by atoms with van der Waals surface area (Å²) in [6.07, 6.45) is -0.710. The van der Waals surface area contributed by atoms with Crippen LogP contribution < -0.4 is 5.32 Å². The van der Waals surface area contributed by atoms with Crippen LogP contribution in [-0.2, 0) is 11.0 Å². The maximum atomic E-state index is 12.8. The lowest BCUT2D eigenvalue weighted by Gasteiger charge is -2.14. The molecular weight excluding hydrogens is 365 g/mol. The average molecular weight is 380 g/mol. The number of H-pyrrole nitrogens is 1. The van der Waals surface area contributed by atoms with Crippen LogP contribution >= 0.6 is 11.8 Å². The smallest absolute Gasteiger partial charge is 0.332 e. The molecule has 0 saturated heterocycles. The van der Waals surface area contributed by atoms with Gasteiger partial charge in [0.25, 0.3) is 0 Å². The lowest BCUT2D eigenvalue weighted by molar-refractivity contribution is -0.137. The Labute approximate surface area is 151 Å². The van der Waals surface area contributed by atoms with Gasteiger partial charge in [0.2, 0.25) is 5.91 Å². The van der Waals surface area contributed by atoms with Crippen molar-refractivity contribution in [3.63, 3.8) is 0 Å². The van der Waals surface area contributed by atoms with Crippen LogP contribution in [-0.4, -0.2) is 26.1 Å². The van der Waals surface area contributed by atoms with Gasteiger partial charge in [-0.05, 0) is 30.7 Å². The quantitative estimate of drug-likeness (QED) is 0.640. The predicted molar refractivity (Wildman–Crippen MR) is 93.9 cm³/mol. The van der Waals surface area contributed by atoms with Crippen molar-refractivity contribution in [3.05, 3.63) is 48.3 Å². The molecule has 2 aromatic heterocycles. The zero-order chi connectivity index (χ0) is 18.7. The summed E-state index contributed by atoms with van der Waals surface area (Å²) in [4.78, 5) is 23.9. The normalized spacial score (nSPS) is 12.9. The highest BCUT2D eigenvalue weighted by Gasteiger charge is 2.30. The van der Waals surface area contributed by atoms with Gasteiger partial charge in [0.1, 0.15) is 0 Å². The van der Waals surface area contributed by atoms with Crippen LogP contribution in [0.4, 0.5) is 18.9 Å². The zero-order valence-corrected chi connectivity index (χ0v) is 14.5. The van der Waals surface area contributed by atoms with Gasteiger partial charge < -0.3 is 10.3 Å². The minimum absolute atomic E-state index is 0.109. The Hall–Kier alpha value is -2.55. The molecule has 2 N–H and O–H groups in total. The molecule has 0 aliphatic heterocycles. The number of hydrogen-bond acceptors (Lipinski definition) is 4. The van der Waals surface area contributed by atoms with E-state index in [4.69, 9.17) is 0 Å². The molecule has 0 fully saturated rings. The topological polar surface area (TPSA) is 70.7 Å². The molecule has 0 aliphatic rings. The molecule has 0 saturated carbocycles. The molecule has 0 aliphatic carbocycles. The third kappa shape index (κ3) is 4.16. The molecule has 3 aromatic rings. The van der Waals surface area contributed by atoms with Crippen molar-refractivity contribution in [3.8, 4) is 0 Å². The first-order chi connectivity index (χ1) is 12.4. The van der Waals surface area contributed by atoms with Crippen molar-refractivity contribution >= 4 is 34.4 Å². The van der Waals surface area contributed by atoms with Gasteiger partial charge in [0.05, 0.1) is 28.0 Å². The fourth-order valence-electron chi connectivity index (χ4n) is 2.34. The first kappa shape index (κ1) is 18.2. The number of aromatic nitrogens is 3. The van der Waals surface area contributed by atoms with Gasteiger partial charge in [0.15, 0.2) is 5.16 Å².